The maximum atomic E-state index is 12.0. The molecule has 102 valence electrons. The Hall–Kier alpha value is -1.22. The lowest BCUT2D eigenvalue weighted by Gasteiger charge is -2.28. The maximum Gasteiger partial charge on any atom is 0.249 e. The van der Waals surface area contributed by atoms with Crippen LogP contribution in [-0.4, -0.2) is 28.6 Å². The predicted octanol–water partition coefficient (Wildman–Crippen LogP) is 3.49. The molecule has 0 bridgehead atoms. The molecule has 1 aliphatic heterocycles. The molecule has 0 saturated carbocycles. The molecule has 0 N–H and O–H groups in total. The zero-order valence-corrected chi connectivity index (χ0v) is 12.5. The van der Waals surface area contributed by atoms with E-state index in [0.717, 1.165) is 23.5 Å². The van der Waals surface area contributed by atoms with Crippen molar-refractivity contribution in [2.75, 3.05) is 5.75 Å². The zero-order chi connectivity index (χ0) is 13.8. The van der Waals surface area contributed by atoms with E-state index < -0.39 is 0 Å². The van der Waals surface area contributed by atoms with Gasteiger partial charge >= 0.3 is 0 Å². The summed E-state index contributed by atoms with van der Waals surface area (Å²) in [5.74, 6) is 2.13. The van der Waals surface area contributed by atoms with Crippen LogP contribution in [0.15, 0.2) is 42.5 Å². The third kappa shape index (κ3) is 3.41. The Kier molecular flexibility index (Phi) is 4.70. The Morgan fingerprint density at radius 3 is 2.68 bits per heavy atom. The summed E-state index contributed by atoms with van der Waals surface area (Å²) in [6, 6.07) is 11.0. The summed E-state index contributed by atoms with van der Waals surface area (Å²) in [4.78, 5) is 14.0. The van der Waals surface area contributed by atoms with E-state index in [1.807, 2.05) is 22.7 Å². The van der Waals surface area contributed by atoms with Gasteiger partial charge in [0.15, 0.2) is 0 Å². The summed E-state index contributed by atoms with van der Waals surface area (Å²) in [6.45, 7) is 8.03. The summed E-state index contributed by atoms with van der Waals surface area (Å²) < 4.78 is 0. The van der Waals surface area contributed by atoms with E-state index in [1.165, 1.54) is 5.56 Å². The minimum Gasteiger partial charge on any atom is -0.332 e. The summed E-state index contributed by atoms with van der Waals surface area (Å²) in [7, 11) is 0. The quantitative estimate of drug-likeness (QED) is 0.767. The molecule has 1 aromatic carbocycles. The molecule has 1 heterocycles. The second-order valence-corrected chi connectivity index (χ2v) is 6.30. The first-order valence-electron chi connectivity index (χ1n) is 6.71. The van der Waals surface area contributed by atoms with Crippen LogP contribution in [0.25, 0.3) is 0 Å². The minimum atomic E-state index is 0.139. The number of rotatable bonds is 5. The van der Waals surface area contributed by atoms with Crippen LogP contribution in [0, 0.1) is 0 Å². The third-order valence-corrected chi connectivity index (χ3v) is 4.55. The van der Waals surface area contributed by atoms with Gasteiger partial charge in [-0.1, -0.05) is 36.9 Å². The third-order valence-electron chi connectivity index (χ3n) is 3.39. The fraction of sp³-hybridized carbons (Fsp3) is 0.438. The molecule has 3 heteroatoms. The molecule has 1 aromatic rings. The van der Waals surface area contributed by atoms with E-state index in [9.17, 15) is 4.79 Å². The van der Waals surface area contributed by atoms with Gasteiger partial charge < -0.3 is 4.90 Å². The Balaban J connectivity index is 1.88. The highest BCUT2D eigenvalue weighted by atomic mass is 32.2. The predicted molar refractivity (Wildman–Crippen MR) is 82.1 cm³/mol. The molecular weight excluding hydrogens is 254 g/mol. The molecule has 0 spiro atoms. The second-order valence-electron chi connectivity index (χ2n) is 5.27. The molecule has 1 unspecified atom stereocenters. The number of benzene rings is 1. The lowest BCUT2D eigenvalue weighted by atomic mass is 10.2. The monoisotopic (exact) mass is 275 g/mol. The average Bonchev–Trinajstić information content (AvgIpc) is 2.66. The summed E-state index contributed by atoms with van der Waals surface area (Å²) in [5, 5.41) is 0. The second kappa shape index (κ2) is 6.29. The van der Waals surface area contributed by atoms with Crippen LogP contribution in [0.3, 0.4) is 0 Å². The number of amides is 1. The lowest BCUT2D eigenvalue weighted by Crippen LogP contribution is -2.40. The SMILES string of the molecule is C=C1CC(CSCc2ccccc2)N(C(C)C)C1=O. The summed E-state index contributed by atoms with van der Waals surface area (Å²) in [5.41, 5.74) is 2.10. The number of carbonyl (C=O) groups is 1. The van der Waals surface area contributed by atoms with Crippen LogP contribution in [0.5, 0.6) is 0 Å². The molecule has 0 aliphatic carbocycles. The fourth-order valence-electron chi connectivity index (χ4n) is 2.50. The highest BCUT2D eigenvalue weighted by Crippen LogP contribution is 2.28. The van der Waals surface area contributed by atoms with Gasteiger partial charge in [0, 0.05) is 29.2 Å². The number of hydrogen-bond acceptors (Lipinski definition) is 2. The molecule has 1 atom stereocenters. The lowest BCUT2D eigenvalue weighted by molar-refractivity contribution is -0.127. The molecule has 2 nitrogen and oxygen atoms in total. The smallest absolute Gasteiger partial charge is 0.249 e. The van der Waals surface area contributed by atoms with Gasteiger partial charge in [-0.3, -0.25) is 4.79 Å². The molecule has 1 saturated heterocycles. The fourth-order valence-corrected chi connectivity index (χ4v) is 3.60. The first-order valence-corrected chi connectivity index (χ1v) is 7.87. The summed E-state index contributed by atoms with van der Waals surface area (Å²) >= 11 is 1.89. The van der Waals surface area contributed by atoms with Crippen molar-refractivity contribution in [2.24, 2.45) is 0 Å². The first-order chi connectivity index (χ1) is 9.09. The largest absolute Gasteiger partial charge is 0.332 e. The number of thioether (sulfide) groups is 1. The Bertz CT molecular complexity index is 455. The standard InChI is InChI=1S/C16H21NOS/c1-12(2)17-15(9-13(3)16(17)18)11-19-10-14-7-5-4-6-8-14/h4-8,12,15H,3,9-11H2,1-2H3. The Labute approximate surface area is 119 Å². The topological polar surface area (TPSA) is 20.3 Å². The summed E-state index contributed by atoms with van der Waals surface area (Å²) in [6.07, 6.45) is 0.818. The van der Waals surface area contributed by atoms with Gasteiger partial charge in [-0.15, -0.1) is 0 Å². The molecule has 2 rings (SSSR count). The maximum absolute atomic E-state index is 12.0. The number of nitrogens with zero attached hydrogens (tertiary/aromatic N) is 1. The molecule has 19 heavy (non-hydrogen) atoms. The van der Waals surface area contributed by atoms with Crippen LogP contribution < -0.4 is 0 Å². The van der Waals surface area contributed by atoms with Crippen molar-refractivity contribution in [3.05, 3.63) is 48.0 Å². The van der Waals surface area contributed by atoms with Crippen molar-refractivity contribution >= 4 is 17.7 Å². The van der Waals surface area contributed by atoms with E-state index in [2.05, 4.69) is 44.7 Å². The van der Waals surface area contributed by atoms with Crippen molar-refractivity contribution in [3.63, 3.8) is 0 Å². The highest BCUT2D eigenvalue weighted by molar-refractivity contribution is 7.98. The molecular formula is C16H21NOS. The van der Waals surface area contributed by atoms with E-state index in [-0.39, 0.29) is 11.9 Å². The number of likely N-dealkylation sites (tertiary alicyclic amines) is 1. The molecule has 0 aromatic heterocycles. The van der Waals surface area contributed by atoms with Gasteiger partial charge in [-0.25, -0.2) is 0 Å². The van der Waals surface area contributed by atoms with Gasteiger partial charge in [0.05, 0.1) is 0 Å². The van der Waals surface area contributed by atoms with Crippen molar-refractivity contribution < 1.29 is 4.79 Å². The van der Waals surface area contributed by atoms with E-state index >= 15 is 0 Å². The molecule has 1 fully saturated rings. The van der Waals surface area contributed by atoms with E-state index in [4.69, 9.17) is 0 Å². The van der Waals surface area contributed by atoms with Crippen molar-refractivity contribution in [1.82, 2.24) is 4.90 Å². The van der Waals surface area contributed by atoms with Crippen LogP contribution in [-0.2, 0) is 10.5 Å². The number of hydrogen-bond donors (Lipinski definition) is 0. The van der Waals surface area contributed by atoms with Crippen LogP contribution in [0.4, 0.5) is 0 Å². The van der Waals surface area contributed by atoms with Crippen molar-refractivity contribution in [1.29, 1.82) is 0 Å². The zero-order valence-electron chi connectivity index (χ0n) is 11.6. The van der Waals surface area contributed by atoms with Crippen molar-refractivity contribution in [2.45, 2.75) is 38.1 Å². The first kappa shape index (κ1) is 14.2. The molecule has 0 radical (unpaired) electrons. The molecule has 1 amide bonds. The molecule has 1 aliphatic rings. The van der Waals surface area contributed by atoms with Gasteiger partial charge in [0.1, 0.15) is 0 Å². The highest BCUT2D eigenvalue weighted by Gasteiger charge is 2.35. The number of carbonyl (C=O) groups excluding carboxylic acids is 1. The van der Waals surface area contributed by atoms with E-state index in [0.29, 0.717) is 6.04 Å². The Morgan fingerprint density at radius 2 is 2.05 bits per heavy atom. The van der Waals surface area contributed by atoms with E-state index in [1.54, 1.807) is 0 Å². The normalized spacial score (nSPS) is 19.5. The van der Waals surface area contributed by atoms with Gasteiger partial charge in [-0.05, 0) is 25.8 Å². The van der Waals surface area contributed by atoms with Gasteiger partial charge in [0.2, 0.25) is 5.91 Å². The average molecular weight is 275 g/mol. The van der Waals surface area contributed by atoms with Gasteiger partial charge in [-0.2, -0.15) is 11.8 Å². The van der Waals surface area contributed by atoms with Crippen LogP contribution >= 0.6 is 11.8 Å². The Morgan fingerprint density at radius 1 is 1.37 bits per heavy atom. The van der Waals surface area contributed by atoms with Gasteiger partial charge in [0.25, 0.3) is 0 Å². The van der Waals surface area contributed by atoms with Crippen molar-refractivity contribution in [3.8, 4) is 0 Å². The van der Waals surface area contributed by atoms with Crippen LogP contribution in [0.2, 0.25) is 0 Å². The van der Waals surface area contributed by atoms with Crippen LogP contribution in [0.1, 0.15) is 25.8 Å². The minimum absolute atomic E-state index is 0.139.